The van der Waals surface area contributed by atoms with Crippen LogP contribution in [0.2, 0.25) is 0 Å². The van der Waals surface area contributed by atoms with E-state index in [2.05, 4.69) is 10.1 Å². The van der Waals surface area contributed by atoms with Crippen molar-refractivity contribution < 1.29 is 49.1 Å². The molecule has 1 saturated heterocycles. The SMILES string of the molecule is O=C1N=C(N2CC[C@H](NC(=O)C(F)(F)F)C2)/C(=C/c2ccc3nn(Cc4ccc(C(F)(F)F)cc4C(F)(F)F)cc3c2)S1. The summed E-state index contributed by atoms with van der Waals surface area (Å²) in [5, 5.41) is 6.07. The first-order chi connectivity index (χ1) is 20.0. The number of likely N-dealkylation sites (tertiary alicyclic amines) is 1. The minimum absolute atomic E-state index is 0.00149. The zero-order valence-corrected chi connectivity index (χ0v) is 22.3. The normalized spacial score (nSPS) is 19.0. The minimum Gasteiger partial charge on any atom is -0.353 e. The summed E-state index contributed by atoms with van der Waals surface area (Å²) in [6.07, 6.45) is -11.8. The van der Waals surface area contributed by atoms with Crippen LogP contribution in [0.4, 0.5) is 44.3 Å². The van der Waals surface area contributed by atoms with Gasteiger partial charge in [-0.05, 0) is 59.7 Å². The Hall–Kier alpha value is -4.02. The number of hydrogen-bond donors (Lipinski definition) is 1. The van der Waals surface area contributed by atoms with E-state index < -0.39 is 59.0 Å². The van der Waals surface area contributed by atoms with Crippen molar-refractivity contribution in [2.45, 2.75) is 37.5 Å². The largest absolute Gasteiger partial charge is 0.471 e. The lowest BCUT2D eigenvalue weighted by Gasteiger charge is -2.19. The molecule has 3 aromatic rings. The lowest BCUT2D eigenvalue weighted by Crippen LogP contribution is -2.44. The van der Waals surface area contributed by atoms with Crippen molar-refractivity contribution in [2.24, 2.45) is 4.99 Å². The van der Waals surface area contributed by atoms with E-state index in [1.165, 1.54) is 10.9 Å². The van der Waals surface area contributed by atoms with Gasteiger partial charge in [-0.2, -0.15) is 49.6 Å². The van der Waals surface area contributed by atoms with Crippen molar-refractivity contribution in [3.63, 3.8) is 0 Å². The minimum atomic E-state index is -5.03. The lowest BCUT2D eigenvalue weighted by atomic mass is 10.0. The molecular weight excluding hydrogens is 617 g/mol. The summed E-state index contributed by atoms with van der Waals surface area (Å²) in [5.41, 5.74) is -2.33. The van der Waals surface area contributed by atoms with Gasteiger partial charge in [0.25, 0.3) is 0 Å². The molecular formula is C26H18F9N5O2S. The number of carbonyl (C=O) groups is 2. The summed E-state index contributed by atoms with van der Waals surface area (Å²) in [6.45, 7) is -0.218. The molecule has 17 heteroatoms. The van der Waals surface area contributed by atoms with Crippen LogP contribution < -0.4 is 5.32 Å². The van der Waals surface area contributed by atoms with E-state index in [4.69, 9.17) is 0 Å². The van der Waals surface area contributed by atoms with Crippen molar-refractivity contribution in [3.05, 3.63) is 69.8 Å². The van der Waals surface area contributed by atoms with Gasteiger partial charge >= 0.3 is 29.7 Å². The van der Waals surface area contributed by atoms with Crippen LogP contribution in [0.25, 0.3) is 17.0 Å². The Morgan fingerprint density at radius 1 is 1.02 bits per heavy atom. The van der Waals surface area contributed by atoms with Crippen molar-refractivity contribution in [1.82, 2.24) is 20.0 Å². The maximum absolute atomic E-state index is 13.6. The van der Waals surface area contributed by atoms with Crippen LogP contribution in [0.3, 0.4) is 0 Å². The summed E-state index contributed by atoms with van der Waals surface area (Å²) in [7, 11) is 0. The second kappa shape index (κ2) is 10.9. The number of nitrogens with one attached hydrogen (secondary N) is 1. The van der Waals surface area contributed by atoms with E-state index in [9.17, 15) is 49.1 Å². The van der Waals surface area contributed by atoms with Crippen LogP contribution in [0, 0.1) is 0 Å². The Labute approximate surface area is 240 Å². The van der Waals surface area contributed by atoms with Gasteiger partial charge in [0.15, 0.2) is 0 Å². The van der Waals surface area contributed by atoms with Crippen LogP contribution in [0.15, 0.2) is 52.5 Å². The molecule has 5 rings (SSSR count). The number of carbonyl (C=O) groups excluding carboxylic acids is 2. The van der Waals surface area contributed by atoms with Gasteiger partial charge in [0.2, 0.25) is 0 Å². The van der Waals surface area contributed by atoms with Gasteiger partial charge < -0.3 is 10.2 Å². The Balaban J connectivity index is 1.35. The summed E-state index contributed by atoms with van der Waals surface area (Å²) in [6, 6.07) is 5.40. The third-order valence-electron chi connectivity index (χ3n) is 6.64. The first-order valence-corrected chi connectivity index (χ1v) is 13.2. The molecule has 0 bridgehead atoms. The van der Waals surface area contributed by atoms with E-state index in [0.717, 1.165) is 17.8 Å². The first-order valence-electron chi connectivity index (χ1n) is 12.4. The smallest absolute Gasteiger partial charge is 0.353 e. The predicted octanol–water partition coefficient (Wildman–Crippen LogP) is 6.48. The molecule has 1 aromatic heterocycles. The fourth-order valence-corrected chi connectivity index (χ4v) is 5.49. The number of amides is 2. The van der Waals surface area contributed by atoms with E-state index >= 15 is 0 Å². The van der Waals surface area contributed by atoms with Gasteiger partial charge in [-0.3, -0.25) is 14.3 Å². The van der Waals surface area contributed by atoms with E-state index in [0.29, 0.717) is 27.4 Å². The maximum atomic E-state index is 13.6. The van der Waals surface area contributed by atoms with E-state index in [1.807, 2.05) is 5.32 Å². The van der Waals surface area contributed by atoms with Crippen LogP contribution in [0.5, 0.6) is 0 Å². The molecule has 0 spiro atoms. The highest BCUT2D eigenvalue weighted by molar-refractivity contribution is 8.18. The van der Waals surface area contributed by atoms with Gasteiger partial charge in [0.1, 0.15) is 5.84 Å². The van der Waals surface area contributed by atoms with Crippen LogP contribution in [0.1, 0.15) is 28.7 Å². The highest BCUT2D eigenvalue weighted by Gasteiger charge is 2.42. The molecule has 7 nitrogen and oxygen atoms in total. The zero-order chi connectivity index (χ0) is 31.3. The maximum Gasteiger partial charge on any atom is 0.471 e. The summed E-state index contributed by atoms with van der Waals surface area (Å²) in [5.74, 6) is -1.83. The molecule has 0 aliphatic carbocycles. The molecule has 43 heavy (non-hydrogen) atoms. The summed E-state index contributed by atoms with van der Waals surface area (Å²) in [4.78, 5) is 29.3. The van der Waals surface area contributed by atoms with Gasteiger partial charge in [-0.1, -0.05) is 12.1 Å². The summed E-state index contributed by atoms with van der Waals surface area (Å²) < 4.78 is 119. The monoisotopic (exact) mass is 635 g/mol. The molecule has 1 atom stereocenters. The van der Waals surface area contributed by atoms with Crippen LogP contribution >= 0.6 is 11.8 Å². The lowest BCUT2D eigenvalue weighted by molar-refractivity contribution is -0.174. The molecule has 0 radical (unpaired) electrons. The number of rotatable bonds is 4. The molecule has 2 aromatic carbocycles. The first kappa shape index (κ1) is 30.4. The zero-order valence-electron chi connectivity index (χ0n) is 21.4. The van der Waals surface area contributed by atoms with Gasteiger partial charge in [-0.25, -0.2) is 0 Å². The quantitative estimate of drug-likeness (QED) is 0.332. The van der Waals surface area contributed by atoms with Crippen LogP contribution in [-0.2, 0) is 23.7 Å². The molecule has 1 N–H and O–H groups in total. The molecule has 0 unspecified atom stereocenters. The Bertz CT molecular complexity index is 1660. The average Bonchev–Trinajstić information content (AvgIpc) is 3.60. The second-order valence-electron chi connectivity index (χ2n) is 9.73. The molecule has 2 amide bonds. The van der Waals surface area contributed by atoms with E-state index in [1.54, 1.807) is 29.2 Å². The van der Waals surface area contributed by atoms with Gasteiger partial charge in [0.05, 0.1) is 28.1 Å². The number of aliphatic imine (C=N–C) groups is 1. The highest BCUT2D eigenvalue weighted by Crippen LogP contribution is 2.38. The van der Waals surface area contributed by atoms with Gasteiger partial charge in [0, 0.05) is 30.7 Å². The summed E-state index contributed by atoms with van der Waals surface area (Å²) >= 11 is 0.796. The number of fused-ring (bicyclic) bond motifs is 1. The fourth-order valence-electron chi connectivity index (χ4n) is 4.71. The number of aromatic nitrogens is 2. The number of halogens is 9. The third-order valence-corrected chi connectivity index (χ3v) is 7.43. The van der Waals surface area contributed by atoms with Crippen LogP contribution in [-0.4, -0.2) is 57.0 Å². The Morgan fingerprint density at radius 2 is 1.77 bits per heavy atom. The number of benzene rings is 2. The topological polar surface area (TPSA) is 79.6 Å². The number of alkyl halides is 9. The van der Waals surface area contributed by atoms with Crippen molar-refractivity contribution in [2.75, 3.05) is 13.1 Å². The standard InChI is InChI=1S/C26H18F9N5O2S/c27-24(28,29)16-3-2-14(18(9-16)25(30,31)32)10-40-11-15-7-13(1-4-19(15)38-40)8-20-21(37-23(42)43-20)39-6-5-17(12-39)36-22(41)26(33,34)35/h1-4,7-9,11,17H,5-6,10,12H2,(H,36,41)/b20-8-/t17-/m0/s1. The second-order valence-corrected chi connectivity index (χ2v) is 10.7. The molecule has 2 aliphatic rings. The Kier molecular flexibility index (Phi) is 7.73. The Morgan fingerprint density at radius 3 is 2.44 bits per heavy atom. The number of amidine groups is 1. The van der Waals surface area contributed by atoms with Crippen molar-refractivity contribution in [1.29, 1.82) is 0 Å². The molecule has 1 fully saturated rings. The highest BCUT2D eigenvalue weighted by atomic mass is 32.2. The number of hydrogen-bond acceptors (Lipinski definition) is 5. The molecule has 3 heterocycles. The molecule has 0 saturated carbocycles. The number of nitrogens with zero attached hydrogens (tertiary/aromatic N) is 4. The molecule has 228 valence electrons. The number of thioether (sulfide) groups is 1. The average molecular weight is 636 g/mol. The van der Waals surface area contributed by atoms with E-state index in [-0.39, 0.29) is 31.4 Å². The van der Waals surface area contributed by atoms with Gasteiger partial charge in [-0.15, -0.1) is 0 Å². The van der Waals surface area contributed by atoms with Crippen molar-refractivity contribution >= 4 is 45.7 Å². The third kappa shape index (κ3) is 6.81. The fraction of sp³-hybridized carbons (Fsp3) is 0.308. The van der Waals surface area contributed by atoms with Crippen molar-refractivity contribution in [3.8, 4) is 0 Å². The molecule has 2 aliphatic heterocycles. The predicted molar refractivity (Wildman–Crippen MR) is 138 cm³/mol.